The van der Waals surface area contributed by atoms with Crippen molar-refractivity contribution < 1.29 is 41.1 Å². The van der Waals surface area contributed by atoms with Gasteiger partial charge in [0, 0.05) is 6.61 Å². The zero-order chi connectivity index (χ0) is 32.3. The highest BCUT2D eigenvalue weighted by atomic mass is 32.2. The minimum atomic E-state index is -4.08. The lowest BCUT2D eigenvalue weighted by Crippen LogP contribution is -2.62. The van der Waals surface area contributed by atoms with Gasteiger partial charge in [0.15, 0.2) is 35.4 Å². The maximum absolute atomic E-state index is 13.4. The number of hydrogen-bond donors (Lipinski definition) is 1. The molecule has 2 saturated heterocycles. The topological polar surface area (TPSA) is 170 Å². The van der Waals surface area contributed by atoms with E-state index in [4.69, 9.17) is 23.1 Å². The Bertz CT molecular complexity index is 1780. The molecule has 2 aromatic carbocycles. The second-order valence-electron chi connectivity index (χ2n) is 11.0. The summed E-state index contributed by atoms with van der Waals surface area (Å²) in [5, 5.41) is 3.14. The van der Waals surface area contributed by atoms with E-state index in [1.165, 1.54) is 6.33 Å². The van der Waals surface area contributed by atoms with E-state index in [0.717, 1.165) is 25.5 Å². The molecule has 2 aromatic heterocycles. The van der Waals surface area contributed by atoms with Crippen molar-refractivity contribution in [1.82, 2.24) is 19.5 Å². The first-order valence-corrected chi connectivity index (χ1v) is 16.6. The normalized spacial score (nSPS) is 25.1. The Kier molecular flexibility index (Phi) is 9.26. The van der Waals surface area contributed by atoms with Crippen LogP contribution >= 0.6 is 0 Å². The zero-order valence-electron chi connectivity index (χ0n) is 25.1. The van der Waals surface area contributed by atoms with Crippen molar-refractivity contribution in [3.8, 4) is 0 Å². The fourth-order valence-corrected chi connectivity index (χ4v) is 6.17. The third kappa shape index (κ3) is 7.02. The Morgan fingerprint density at radius 3 is 2.15 bits per heavy atom. The zero-order valence-corrected chi connectivity index (χ0v) is 25.9. The van der Waals surface area contributed by atoms with Gasteiger partial charge in [0.25, 0.3) is 10.1 Å². The summed E-state index contributed by atoms with van der Waals surface area (Å²) < 4.78 is 55.9. The Hall–Kier alpha value is -4.44. The number of hydrogen-bond acceptors (Lipinski definition) is 13. The quantitative estimate of drug-likeness (QED) is 0.206. The van der Waals surface area contributed by atoms with Crippen molar-refractivity contribution in [3.05, 3.63) is 84.4 Å². The molecule has 14 nitrogen and oxygen atoms in total. The van der Waals surface area contributed by atoms with Crippen LogP contribution in [0.2, 0.25) is 0 Å². The van der Waals surface area contributed by atoms with Gasteiger partial charge in [-0.3, -0.25) is 8.75 Å². The first-order chi connectivity index (χ1) is 22.2. The van der Waals surface area contributed by atoms with Gasteiger partial charge < -0.3 is 24.3 Å². The lowest BCUT2D eigenvalue weighted by molar-refractivity contribution is -0.202. The van der Waals surface area contributed by atoms with Crippen LogP contribution in [0, 0.1) is 0 Å². The predicted octanol–water partition coefficient (Wildman–Crippen LogP) is 3.48. The van der Waals surface area contributed by atoms with Crippen LogP contribution in [0.5, 0.6) is 0 Å². The Morgan fingerprint density at radius 2 is 1.54 bits per heavy atom. The smallest absolute Gasteiger partial charge is 0.338 e. The molecule has 0 radical (unpaired) electrons. The molecule has 1 N–H and O–H groups in total. The van der Waals surface area contributed by atoms with E-state index in [1.807, 2.05) is 4.57 Å². The number of imidazole rings is 1. The van der Waals surface area contributed by atoms with Crippen molar-refractivity contribution in [2.75, 3.05) is 18.2 Å². The third-order valence-corrected chi connectivity index (χ3v) is 8.24. The molecule has 0 bridgehead atoms. The van der Waals surface area contributed by atoms with Crippen LogP contribution in [0.1, 0.15) is 53.1 Å². The van der Waals surface area contributed by atoms with E-state index < -0.39 is 52.7 Å². The Labute approximate surface area is 265 Å². The van der Waals surface area contributed by atoms with Gasteiger partial charge in [-0.15, -0.1) is 0 Å². The third-order valence-electron chi connectivity index (χ3n) is 7.66. The number of benzene rings is 2. The number of nitrogens with one attached hydrogen (secondary N) is 1. The standard InChI is InChI=1S/C31H33N5O9S/c1-19-24(45-46(2,39)40)25(43-30(37)20-11-5-3-6-12-20)26(44-31(38)21-13-7-4-8-14-21)29(42-19)35-27-23-28(33-17-32-27)36(18-34-23)22-15-9-10-16-41-22/h3-8,11-14,17-19,22,24-26,29H,9-10,15-16H2,1-2H3,(H,32,33,35)/t19-,22?,24+,25+,26-,29-/m0/s1. The lowest BCUT2D eigenvalue weighted by Gasteiger charge is -2.44. The minimum Gasteiger partial charge on any atom is -0.452 e. The van der Waals surface area contributed by atoms with Crippen molar-refractivity contribution in [2.24, 2.45) is 0 Å². The van der Waals surface area contributed by atoms with Gasteiger partial charge in [-0.05, 0) is 50.5 Å². The van der Waals surface area contributed by atoms with Gasteiger partial charge in [-0.1, -0.05) is 36.4 Å². The number of nitrogens with zero attached hydrogens (tertiary/aromatic N) is 4. The number of fused-ring (bicyclic) bond motifs is 1. The van der Waals surface area contributed by atoms with E-state index in [0.29, 0.717) is 17.8 Å². The summed E-state index contributed by atoms with van der Waals surface area (Å²) in [6.07, 6.45) is -0.0197. The molecule has 6 rings (SSSR count). The molecule has 0 amide bonds. The lowest BCUT2D eigenvalue weighted by atomic mass is 9.98. The first kappa shape index (κ1) is 31.5. The van der Waals surface area contributed by atoms with Crippen molar-refractivity contribution >= 4 is 39.0 Å². The minimum absolute atomic E-state index is 0.199. The van der Waals surface area contributed by atoms with Crippen LogP contribution < -0.4 is 5.32 Å². The SMILES string of the molecule is C[C@@H]1O[C@H](Nc2ncnc3c2ncn3C2CCCCO2)[C@@H](OC(=O)c2ccccc2)[C@H](OC(=O)c2ccccc2)[C@@H]1OS(C)(=O)=O. The van der Waals surface area contributed by atoms with Crippen molar-refractivity contribution in [3.63, 3.8) is 0 Å². The second kappa shape index (κ2) is 13.5. The molecule has 15 heteroatoms. The van der Waals surface area contributed by atoms with Crippen LogP contribution in [0.25, 0.3) is 11.2 Å². The summed E-state index contributed by atoms with van der Waals surface area (Å²) in [7, 11) is -4.08. The van der Waals surface area contributed by atoms with E-state index in [2.05, 4.69) is 20.3 Å². The molecule has 0 aliphatic carbocycles. The summed E-state index contributed by atoms with van der Waals surface area (Å²) in [5.74, 6) is -1.30. The van der Waals surface area contributed by atoms with Crippen LogP contribution in [-0.2, 0) is 33.2 Å². The van der Waals surface area contributed by atoms with E-state index in [-0.39, 0.29) is 23.2 Å². The van der Waals surface area contributed by atoms with Crippen LogP contribution in [0.3, 0.4) is 0 Å². The van der Waals surface area contributed by atoms with E-state index in [1.54, 1.807) is 73.9 Å². The average Bonchev–Trinajstić information content (AvgIpc) is 3.50. The van der Waals surface area contributed by atoms with E-state index in [9.17, 15) is 18.0 Å². The average molecular weight is 652 g/mol. The molecule has 1 unspecified atom stereocenters. The summed E-state index contributed by atoms with van der Waals surface area (Å²) in [6.45, 7) is 2.19. The predicted molar refractivity (Wildman–Crippen MR) is 163 cm³/mol. The van der Waals surface area contributed by atoms with Gasteiger partial charge in [-0.25, -0.2) is 24.5 Å². The molecule has 46 heavy (non-hydrogen) atoms. The number of rotatable bonds is 9. The monoisotopic (exact) mass is 651 g/mol. The Balaban J connectivity index is 1.38. The van der Waals surface area contributed by atoms with Gasteiger partial charge >= 0.3 is 11.9 Å². The maximum Gasteiger partial charge on any atom is 0.338 e. The van der Waals surface area contributed by atoms with Crippen LogP contribution in [-0.4, -0.2) is 83.4 Å². The summed E-state index contributed by atoms with van der Waals surface area (Å²) in [6, 6.07) is 16.3. The molecular formula is C31H33N5O9S. The number of carbonyl (C=O) groups excluding carboxylic acids is 2. The number of carbonyl (C=O) groups is 2. The number of ether oxygens (including phenoxy) is 4. The highest BCUT2D eigenvalue weighted by Gasteiger charge is 2.51. The molecule has 6 atom stereocenters. The fourth-order valence-electron chi connectivity index (χ4n) is 5.50. The van der Waals surface area contributed by atoms with Crippen molar-refractivity contribution in [2.45, 2.75) is 63.1 Å². The summed E-state index contributed by atoms with van der Waals surface area (Å²) in [5.41, 5.74) is 1.32. The van der Waals surface area contributed by atoms with Crippen LogP contribution in [0.15, 0.2) is 73.3 Å². The fraction of sp³-hybridized carbons (Fsp3) is 0.387. The van der Waals surface area contributed by atoms with Gasteiger partial charge in [0.1, 0.15) is 18.7 Å². The molecule has 4 aromatic rings. The molecule has 242 valence electrons. The van der Waals surface area contributed by atoms with Crippen LogP contribution in [0.4, 0.5) is 5.82 Å². The molecular weight excluding hydrogens is 618 g/mol. The molecule has 0 spiro atoms. The number of anilines is 1. The summed E-state index contributed by atoms with van der Waals surface area (Å²) >= 11 is 0. The molecule has 0 saturated carbocycles. The highest BCUT2D eigenvalue weighted by Crippen LogP contribution is 2.33. The summed E-state index contributed by atoms with van der Waals surface area (Å²) in [4.78, 5) is 40.1. The molecule has 2 aliphatic rings. The molecule has 2 aliphatic heterocycles. The van der Waals surface area contributed by atoms with Gasteiger partial charge in [0.05, 0.1) is 29.8 Å². The largest absolute Gasteiger partial charge is 0.452 e. The Morgan fingerprint density at radius 1 is 0.891 bits per heavy atom. The van der Waals surface area contributed by atoms with Gasteiger partial charge in [-0.2, -0.15) is 8.42 Å². The van der Waals surface area contributed by atoms with E-state index >= 15 is 0 Å². The van der Waals surface area contributed by atoms with Gasteiger partial charge in [0.2, 0.25) is 0 Å². The van der Waals surface area contributed by atoms with Crippen molar-refractivity contribution in [1.29, 1.82) is 0 Å². The first-order valence-electron chi connectivity index (χ1n) is 14.8. The molecule has 2 fully saturated rings. The number of esters is 2. The number of aromatic nitrogens is 4. The maximum atomic E-state index is 13.4. The second-order valence-corrected chi connectivity index (χ2v) is 12.6. The molecule has 4 heterocycles. The highest BCUT2D eigenvalue weighted by molar-refractivity contribution is 7.86.